The van der Waals surface area contributed by atoms with E-state index in [2.05, 4.69) is 39.1 Å². The monoisotopic (exact) mass is 535 g/mol. The molecular formula is C28H33N5O4S. The maximum absolute atomic E-state index is 13.3. The normalized spacial score (nSPS) is 17.1. The number of hydrogen-bond donors (Lipinski definition) is 1. The Bertz CT molecular complexity index is 1350. The van der Waals surface area contributed by atoms with E-state index in [0.29, 0.717) is 32.1 Å². The lowest BCUT2D eigenvalue weighted by Gasteiger charge is -2.34. The fraction of sp³-hybridized carbons (Fsp3) is 0.393. The summed E-state index contributed by atoms with van der Waals surface area (Å²) in [6.45, 7) is 4.37. The molecular weight excluding hydrogens is 502 g/mol. The van der Waals surface area contributed by atoms with E-state index >= 15 is 0 Å². The van der Waals surface area contributed by atoms with Gasteiger partial charge in [0.2, 0.25) is 16.0 Å². The Morgan fingerprint density at radius 3 is 2.21 bits per heavy atom. The molecule has 2 aromatic carbocycles. The first kappa shape index (κ1) is 26.4. The van der Waals surface area contributed by atoms with Crippen molar-refractivity contribution in [2.45, 2.75) is 24.2 Å². The Kier molecular flexibility index (Phi) is 8.13. The number of hydrogen-bond acceptors (Lipinski definition) is 8. The molecule has 1 N–H and O–H groups in total. The third kappa shape index (κ3) is 5.94. The van der Waals surface area contributed by atoms with Gasteiger partial charge >= 0.3 is 0 Å². The van der Waals surface area contributed by atoms with Crippen LogP contribution in [-0.4, -0.2) is 90.9 Å². The van der Waals surface area contributed by atoms with Crippen molar-refractivity contribution < 1.29 is 18.3 Å². The highest BCUT2D eigenvalue weighted by atomic mass is 32.2. The van der Waals surface area contributed by atoms with Crippen LogP contribution in [0.3, 0.4) is 0 Å². The fourth-order valence-corrected chi connectivity index (χ4v) is 6.44. The number of anilines is 1. The van der Waals surface area contributed by atoms with E-state index in [1.807, 2.05) is 17.0 Å². The largest absolute Gasteiger partial charge is 0.388 e. The smallest absolute Gasteiger partial charge is 0.243 e. The van der Waals surface area contributed by atoms with Crippen LogP contribution in [0.15, 0.2) is 65.8 Å². The Labute approximate surface area is 223 Å². The molecule has 0 aliphatic carbocycles. The molecule has 10 heteroatoms. The highest BCUT2D eigenvalue weighted by Gasteiger charge is 2.29. The molecule has 0 spiro atoms. The Morgan fingerprint density at radius 1 is 0.868 bits per heavy atom. The van der Waals surface area contributed by atoms with Gasteiger partial charge in [-0.1, -0.05) is 36.4 Å². The van der Waals surface area contributed by atoms with Gasteiger partial charge in [-0.3, -0.25) is 4.79 Å². The summed E-state index contributed by atoms with van der Waals surface area (Å²) in [5.41, 5.74) is 3.63. The third-order valence-electron chi connectivity index (χ3n) is 7.29. The lowest BCUT2D eigenvalue weighted by atomic mass is 10.0. The van der Waals surface area contributed by atoms with E-state index in [4.69, 9.17) is 5.11 Å². The van der Waals surface area contributed by atoms with Crippen LogP contribution in [0.4, 0.5) is 5.95 Å². The van der Waals surface area contributed by atoms with Gasteiger partial charge in [0.05, 0.1) is 10.5 Å². The average molecular weight is 536 g/mol. The number of aliphatic hydroxyl groups excluding tert-OH is 1. The maximum Gasteiger partial charge on any atom is 0.243 e. The summed E-state index contributed by atoms with van der Waals surface area (Å²) in [4.78, 5) is 24.6. The van der Waals surface area contributed by atoms with E-state index in [1.54, 1.807) is 12.1 Å². The van der Waals surface area contributed by atoms with Gasteiger partial charge in [0.1, 0.15) is 6.61 Å². The molecule has 0 amide bonds. The molecule has 2 saturated heterocycles. The van der Waals surface area contributed by atoms with Gasteiger partial charge in [-0.25, -0.2) is 18.4 Å². The first-order valence-electron chi connectivity index (χ1n) is 13.1. The molecule has 0 saturated carbocycles. The zero-order valence-electron chi connectivity index (χ0n) is 21.4. The Hall–Kier alpha value is -3.18. The third-order valence-corrected chi connectivity index (χ3v) is 9.21. The summed E-state index contributed by atoms with van der Waals surface area (Å²) >= 11 is 0. The van der Waals surface area contributed by atoms with Crippen LogP contribution in [0, 0.1) is 0 Å². The number of aliphatic hydroxyl groups is 1. The van der Waals surface area contributed by atoms with Crippen molar-refractivity contribution in [3.05, 3.63) is 72.1 Å². The van der Waals surface area contributed by atoms with Crippen LogP contribution < -0.4 is 4.90 Å². The van der Waals surface area contributed by atoms with Crippen LogP contribution >= 0.6 is 0 Å². The number of benzene rings is 2. The SMILES string of the molecule is O=C(CO)c1cnc(N2CCN(S(=O)(=O)c3ccc(-c4cccc(CCN5CCCC5)c4)cc3)CC2)nc1. The summed E-state index contributed by atoms with van der Waals surface area (Å²) in [6, 6.07) is 15.6. The van der Waals surface area contributed by atoms with Crippen LogP contribution in [0.2, 0.25) is 0 Å². The number of ketones is 1. The number of nitrogens with zero attached hydrogens (tertiary/aromatic N) is 5. The van der Waals surface area contributed by atoms with Gasteiger partial charge < -0.3 is 14.9 Å². The minimum absolute atomic E-state index is 0.245. The molecule has 1 aromatic heterocycles. The van der Waals surface area contributed by atoms with Crippen LogP contribution in [0.1, 0.15) is 28.8 Å². The second-order valence-corrected chi connectivity index (χ2v) is 11.7. The standard InChI is InChI=1S/C28H33N5O4S/c34-21-27(35)25-19-29-28(30-20-25)32-14-16-33(17-15-32)38(36,37)26-8-6-23(7-9-26)24-5-3-4-22(18-24)10-13-31-11-1-2-12-31/h3-9,18-20,34H,1-2,10-17,21H2. The first-order chi connectivity index (χ1) is 18.4. The second-order valence-electron chi connectivity index (χ2n) is 9.77. The quantitative estimate of drug-likeness (QED) is 0.417. The number of carbonyl (C=O) groups is 1. The van der Waals surface area contributed by atoms with Crippen molar-refractivity contribution >= 4 is 21.8 Å². The Morgan fingerprint density at radius 2 is 1.55 bits per heavy atom. The first-order valence-corrected chi connectivity index (χ1v) is 14.5. The molecule has 0 radical (unpaired) electrons. The van der Waals surface area contributed by atoms with Gasteiger partial charge in [0, 0.05) is 45.1 Å². The lowest BCUT2D eigenvalue weighted by molar-refractivity contribution is 0.0903. The average Bonchev–Trinajstić information content (AvgIpc) is 3.50. The number of Topliss-reactive ketones (excluding diaryl/α,β-unsaturated/α-hetero) is 1. The van der Waals surface area contributed by atoms with Crippen LogP contribution in [-0.2, 0) is 16.4 Å². The molecule has 200 valence electrons. The molecule has 0 unspecified atom stereocenters. The number of piperazine rings is 1. The van der Waals surface area contributed by atoms with E-state index < -0.39 is 22.4 Å². The summed E-state index contributed by atoms with van der Waals surface area (Å²) in [5, 5.41) is 8.96. The highest BCUT2D eigenvalue weighted by Crippen LogP contribution is 2.25. The molecule has 9 nitrogen and oxygen atoms in total. The zero-order chi connectivity index (χ0) is 26.5. The summed E-state index contributed by atoms with van der Waals surface area (Å²) in [7, 11) is -3.63. The molecule has 3 aromatic rings. The second kappa shape index (κ2) is 11.7. The number of likely N-dealkylation sites (tertiary alicyclic amines) is 1. The lowest BCUT2D eigenvalue weighted by Crippen LogP contribution is -2.49. The minimum Gasteiger partial charge on any atom is -0.388 e. The van der Waals surface area contributed by atoms with Gasteiger partial charge in [-0.05, 0) is 61.2 Å². The summed E-state index contributed by atoms with van der Waals surface area (Å²) in [5.74, 6) is -0.00717. The predicted octanol–water partition coefficient (Wildman–Crippen LogP) is 2.47. The molecule has 2 aliphatic heterocycles. The number of aromatic nitrogens is 2. The molecule has 38 heavy (non-hydrogen) atoms. The van der Waals surface area contributed by atoms with Gasteiger partial charge in [0.15, 0.2) is 5.78 Å². The zero-order valence-corrected chi connectivity index (χ0v) is 22.2. The van der Waals surface area contributed by atoms with Gasteiger partial charge in [-0.15, -0.1) is 0 Å². The summed E-state index contributed by atoms with van der Waals surface area (Å²) < 4.78 is 28.1. The molecule has 0 atom stereocenters. The molecule has 5 rings (SSSR count). The van der Waals surface area contributed by atoms with Crippen LogP contribution in [0.25, 0.3) is 11.1 Å². The fourth-order valence-electron chi connectivity index (χ4n) is 5.02. The number of sulfonamides is 1. The molecule has 2 aliphatic rings. The molecule has 3 heterocycles. The van der Waals surface area contributed by atoms with Crippen molar-refractivity contribution in [3.63, 3.8) is 0 Å². The van der Waals surface area contributed by atoms with Gasteiger partial charge in [0.25, 0.3) is 0 Å². The van der Waals surface area contributed by atoms with Crippen molar-refractivity contribution in [2.75, 3.05) is 57.3 Å². The van der Waals surface area contributed by atoms with E-state index in [-0.39, 0.29) is 10.5 Å². The van der Waals surface area contributed by atoms with Crippen molar-refractivity contribution in [3.8, 4) is 11.1 Å². The Balaban J connectivity index is 1.20. The van der Waals surface area contributed by atoms with Crippen molar-refractivity contribution in [2.24, 2.45) is 0 Å². The molecule has 2 fully saturated rings. The van der Waals surface area contributed by atoms with E-state index in [0.717, 1.165) is 24.1 Å². The maximum atomic E-state index is 13.3. The van der Waals surface area contributed by atoms with E-state index in [1.165, 1.54) is 48.2 Å². The minimum atomic E-state index is -3.63. The van der Waals surface area contributed by atoms with Gasteiger partial charge in [-0.2, -0.15) is 4.31 Å². The predicted molar refractivity (Wildman–Crippen MR) is 146 cm³/mol. The topological polar surface area (TPSA) is 107 Å². The summed E-state index contributed by atoms with van der Waals surface area (Å²) in [6.07, 6.45) is 6.37. The highest BCUT2D eigenvalue weighted by molar-refractivity contribution is 7.89. The van der Waals surface area contributed by atoms with Crippen molar-refractivity contribution in [1.82, 2.24) is 19.2 Å². The van der Waals surface area contributed by atoms with Crippen LogP contribution in [0.5, 0.6) is 0 Å². The van der Waals surface area contributed by atoms with Crippen molar-refractivity contribution in [1.29, 1.82) is 0 Å². The number of rotatable bonds is 9. The van der Waals surface area contributed by atoms with E-state index in [9.17, 15) is 13.2 Å². The molecule has 0 bridgehead atoms. The number of carbonyl (C=O) groups excluding carboxylic acids is 1.